The monoisotopic (exact) mass is 344 g/mol. The molecule has 3 aromatic carbocycles. The molecule has 0 amide bonds. The molecule has 1 N–H and O–H groups in total. The number of quaternary nitrogens is 1. The third-order valence-corrected chi connectivity index (χ3v) is 4.14. The Morgan fingerprint density at radius 1 is 0.731 bits per heavy atom. The number of aliphatic imine (C=N–C) groups is 1. The van der Waals surface area contributed by atoms with Gasteiger partial charge in [0.05, 0.1) is 20.6 Å². The first kappa shape index (κ1) is 17.9. The maximum Gasteiger partial charge on any atom is 0.176 e. The minimum Gasteiger partial charge on any atom is -0.259 e. The number of benzene rings is 3. The summed E-state index contributed by atoms with van der Waals surface area (Å²) in [6, 6.07) is 31.2. The molecular formula is C23H26N3+. The van der Waals surface area contributed by atoms with Crippen LogP contribution in [-0.2, 0) is 13.1 Å². The number of amidine groups is 1. The minimum atomic E-state index is 0.618. The molecule has 0 spiro atoms. The van der Waals surface area contributed by atoms with Gasteiger partial charge in [-0.05, 0) is 5.56 Å². The SMILES string of the molecule is C[N+](C)(Cc1ccccc1)NC(=NCc1ccccc1)c1ccccc1. The van der Waals surface area contributed by atoms with Crippen LogP contribution in [0.5, 0.6) is 0 Å². The molecule has 0 radical (unpaired) electrons. The average molecular weight is 344 g/mol. The molecule has 0 unspecified atom stereocenters. The van der Waals surface area contributed by atoms with E-state index < -0.39 is 0 Å². The summed E-state index contributed by atoms with van der Waals surface area (Å²) >= 11 is 0. The molecule has 0 atom stereocenters. The first-order chi connectivity index (χ1) is 12.6. The Hall–Kier alpha value is -2.91. The molecule has 0 aliphatic carbocycles. The molecular weight excluding hydrogens is 318 g/mol. The first-order valence-corrected chi connectivity index (χ1v) is 8.91. The summed E-state index contributed by atoms with van der Waals surface area (Å²) in [6.07, 6.45) is 0. The van der Waals surface area contributed by atoms with Crippen molar-refractivity contribution in [3.05, 3.63) is 108 Å². The van der Waals surface area contributed by atoms with E-state index in [1.54, 1.807) is 0 Å². The van der Waals surface area contributed by atoms with E-state index in [-0.39, 0.29) is 0 Å². The second-order valence-electron chi connectivity index (χ2n) is 6.96. The molecule has 0 saturated heterocycles. The van der Waals surface area contributed by atoms with Gasteiger partial charge in [0.15, 0.2) is 5.84 Å². The van der Waals surface area contributed by atoms with Gasteiger partial charge < -0.3 is 0 Å². The van der Waals surface area contributed by atoms with Crippen molar-refractivity contribution < 1.29 is 4.59 Å². The summed E-state index contributed by atoms with van der Waals surface area (Å²) in [4.78, 5) is 4.88. The van der Waals surface area contributed by atoms with Crippen molar-refractivity contribution in [1.82, 2.24) is 5.43 Å². The van der Waals surface area contributed by atoms with E-state index in [9.17, 15) is 0 Å². The van der Waals surface area contributed by atoms with Gasteiger partial charge in [-0.2, -0.15) is 0 Å². The third kappa shape index (κ3) is 5.30. The lowest BCUT2D eigenvalue weighted by Gasteiger charge is -2.31. The highest BCUT2D eigenvalue weighted by atomic mass is 15.6. The van der Waals surface area contributed by atoms with E-state index in [2.05, 4.69) is 80.2 Å². The molecule has 0 bridgehead atoms. The number of rotatable bonds is 6. The van der Waals surface area contributed by atoms with Crippen LogP contribution in [0.25, 0.3) is 0 Å². The topological polar surface area (TPSA) is 24.4 Å². The van der Waals surface area contributed by atoms with Gasteiger partial charge in [0, 0.05) is 11.1 Å². The maximum absolute atomic E-state index is 4.88. The smallest absolute Gasteiger partial charge is 0.176 e. The molecule has 3 nitrogen and oxygen atoms in total. The average Bonchev–Trinajstić information content (AvgIpc) is 2.67. The Morgan fingerprint density at radius 2 is 1.23 bits per heavy atom. The van der Waals surface area contributed by atoms with Gasteiger partial charge in [-0.1, -0.05) is 91.0 Å². The van der Waals surface area contributed by atoms with Crippen molar-refractivity contribution in [2.45, 2.75) is 13.1 Å². The Morgan fingerprint density at radius 3 is 1.81 bits per heavy atom. The van der Waals surface area contributed by atoms with Crippen LogP contribution in [0.1, 0.15) is 16.7 Å². The van der Waals surface area contributed by atoms with Gasteiger partial charge in [0.2, 0.25) is 0 Å². The molecule has 0 aromatic heterocycles. The van der Waals surface area contributed by atoms with Gasteiger partial charge in [0.25, 0.3) is 0 Å². The van der Waals surface area contributed by atoms with Gasteiger partial charge in [-0.3, -0.25) is 4.99 Å². The van der Waals surface area contributed by atoms with Crippen molar-refractivity contribution in [3.63, 3.8) is 0 Å². The Bertz CT molecular complexity index is 825. The fourth-order valence-corrected chi connectivity index (χ4v) is 2.91. The van der Waals surface area contributed by atoms with Gasteiger partial charge in [-0.15, -0.1) is 0 Å². The van der Waals surface area contributed by atoms with Gasteiger partial charge >= 0.3 is 0 Å². The second-order valence-corrected chi connectivity index (χ2v) is 6.96. The lowest BCUT2D eigenvalue weighted by atomic mass is 10.2. The molecule has 3 aromatic rings. The predicted octanol–water partition coefficient (Wildman–Crippen LogP) is 4.41. The Kier molecular flexibility index (Phi) is 5.82. The van der Waals surface area contributed by atoms with Gasteiger partial charge in [0.1, 0.15) is 6.54 Å². The highest BCUT2D eigenvalue weighted by Gasteiger charge is 2.19. The number of nitrogens with one attached hydrogen (secondary N) is 1. The van der Waals surface area contributed by atoms with Crippen LogP contribution in [0, 0.1) is 0 Å². The Balaban J connectivity index is 1.81. The maximum atomic E-state index is 4.88. The van der Waals surface area contributed by atoms with Crippen LogP contribution >= 0.6 is 0 Å². The van der Waals surface area contributed by atoms with E-state index in [4.69, 9.17) is 4.99 Å². The quantitative estimate of drug-likeness (QED) is 0.304. The molecule has 0 aliphatic heterocycles. The van der Waals surface area contributed by atoms with Crippen molar-refractivity contribution in [1.29, 1.82) is 0 Å². The van der Waals surface area contributed by atoms with E-state index in [0.29, 0.717) is 11.1 Å². The first-order valence-electron chi connectivity index (χ1n) is 8.91. The van der Waals surface area contributed by atoms with Crippen LogP contribution in [-0.4, -0.2) is 24.5 Å². The number of hydrogen-bond acceptors (Lipinski definition) is 1. The summed E-state index contributed by atoms with van der Waals surface area (Å²) in [6.45, 7) is 1.53. The zero-order valence-electron chi connectivity index (χ0n) is 15.5. The van der Waals surface area contributed by atoms with E-state index >= 15 is 0 Å². The van der Waals surface area contributed by atoms with Crippen molar-refractivity contribution in [2.75, 3.05) is 14.1 Å². The molecule has 0 saturated carbocycles. The zero-order chi connectivity index (χ0) is 18.2. The minimum absolute atomic E-state index is 0.618. The zero-order valence-corrected chi connectivity index (χ0v) is 15.5. The third-order valence-electron chi connectivity index (χ3n) is 4.14. The molecule has 26 heavy (non-hydrogen) atoms. The lowest BCUT2D eigenvalue weighted by molar-refractivity contribution is -0.936. The molecule has 0 aliphatic rings. The highest BCUT2D eigenvalue weighted by Crippen LogP contribution is 2.10. The van der Waals surface area contributed by atoms with Crippen LogP contribution in [0.2, 0.25) is 0 Å². The van der Waals surface area contributed by atoms with E-state index in [1.807, 2.05) is 30.3 Å². The largest absolute Gasteiger partial charge is 0.259 e. The number of nitrogens with zero attached hydrogens (tertiary/aromatic N) is 2. The number of hydrogen-bond donors (Lipinski definition) is 1. The predicted molar refractivity (Wildman–Crippen MR) is 109 cm³/mol. The normalized spacial score (nSPS) is 12.0. The fraction of sp³-hybridized carbons (Fsp3) is 0.174. The standard InChI is InChI=1S/C23H26N3/c1-26(2,19-21-14-8-4-9-15-21)25-23(22-16-10-5-11-17-22)24-18-20-12-6-3-7-13-20/h3-17H,18-19H2,1-2H3,(H,24,25)/q+1. The molecule has 3 rings (SSSR count). The van der Waals surface area contributed by atoms with E-state index in [1.165, 1.54) is 11.1 Å². The van der Waals surface area contributed by atoms with Crippen LogP contribution in [0.4, 0.5) is 0 Å². The van der Waals surface area contributed by atoms with Crippen molar-refractivity contribution >= 4 is 5.84 Å². The van der Waals surface area contributed by atoms with Crippen LogP contribution in [0.3, 0.4) is 0 Å². The van der Waals surface area contributed by atoms with Crippen LogP contribution < -0.4 is 5.43 Å². The summed E-state index contributed by atoms with van der Waals surface area (Å²) < 4.78 is 0.618. The molecule has 3 heteroatoms. The van der Waals surface area contributed by atoms with E-state index in [0.717, 1.165) is 17.9 Å². The van der Waals surface area contributed by atoms with Crippen molar-refractivity contribution in [3.8, 4) is 0 Å². The Labute approximate surface area is 156 Å². The molecule has 132 valence electrons. The van der Waals surface area contributed by atoms with Gasteiger partial charge in [-0.25, -0.2) is 10.0 Å². The summed E-state index contributed by atoms with van der Waals surface area (Å²) in [7, 11) is 4.32. The summed E-state index contributed by atoms with van der Waals surface area (Å²) in [5, 5.41) is 0. The second kappa shape index (κ2) is 8.45. The molecule has 0 heterocycles. The fourth-order valence-electron chi connectivity index (χ4n) is 2.91. The van der Waals surface area contributed by atoms with Crippen LogP contribution in [0.15, 0.2) is 96.0 Å². The summed E-state index contributed by atoms with van der Waals surface area (Å²) in [5.41, 5.74) is 7.21. The summed E-state index contributed by atoms with van der Waals surface area (Å²) in [5.74, 6) is 0.912. The highest BCUT2D eigenvalue weighted by molar-refractivity contribution is 5.98. The van der Waals surface area contributed by atoms with Crippen molar-refractivity contribution in [2.24, 2.45) is 4.99 Å². The molecule has 0 fully saturated rings. The lowest BCUT2D eigenvalue weighted by Crippen LogP contribution is -2.54.